The average molecular weight is 545 g/mol. The number of thiophene rings is 2. The molecule has 188 valence electrons. The van der Waals surface area contributed by atoms with E-state index in [0.29, 0.717) is 0 Å². The van der Waals surface area contributed by atoms with Gasteiger partial charge in [0.2, 0.25) is 0 Å². The van der Waals surface area contributed by atoms with Crippen LogP contribution >= 0.6 is 22.7 Å². The zero-order chi connectivity index (χ0) is 26.5. The van der Waals surface area contributed by atoms with Crippen molar-refractivity contribution in [1.29, 1.82) is 0 Å². The number of benzene rings is 6. The minimum absolute atomic E-state index is 1.24. The van der Waals surface area contributed by atoms with Crippen molar-refractivity contribution in [1.82, 2.24) is 0 Å². The quantitative estimate of drug-likeness (QED) is 0.207. The Labute approximate surface area is 241 Å². The van der Waals surface area contributed by atoms with Gasteiger partial charge in [0.25, 0.3) is 0 Å². The number of rotatable bonds is 4. The van der Waals surface area contributed by atoms with E-state index < -0.39 is 0 Å². The van der Waals surface area contributed by atoms with Crippen LogP contribution in [0.4, 0.5) is 0 Å². The summed E-state index contributed by atoms with van der Waals surface area (Å²) in [7, 11) is 0. The van der Waals surface area contributed by atoms with E-state index in [2.05, 4.69) is 146 Å². The number of hydrogen-bond acceptors (Lipinski definition) is 2. The SMILES string of the molecule is c1ccc(-c2cccc(-c3sc(-c4cc5sc6ccccc6c5cc4-c4ccccc4)c4ccccc34)c2)cc1. The van der Waals surface area contributed by atoms with Crippen LogP contribution in [0.2, 0.25) is 0 Å². The molecule has 0 saturated carbocycles. The number of fused-ring (bicyclic) bond motifs is 4. The third-order valence-corrected chi connectivity index (χ3v) is 10.1. The molecule has 2 aromatic heterocycles. The van der Waals surface area contributed by atoms with Crippen LogP contribution in [-0.2, 0) is 0 Å². The fraction of sp³-hybridized carbons (Fsp3) is 0. The number of hydrogen-bond donors (Lipinski definition) is 0. The lowest BCUT2D eigenvalue weighted by atomic mass is 9.94. The van der Waals surface area contributed by atoms with Gasteiger partial charge in [-0.2, -0.15) is 0 Å². The van der Waals surface area contributed by atoms with Crippen molar-refractivity contribution in [3.05, 3.63) is 146 Å². The fourth-order valence-electron chi connectivity index (χ4n) is 5.79. The van der Waals surface area contributed by atoms with E-state index in [-0.39, 0.29) is 0 Å². The lowest BCUT2D eigenvalue weighted by Gasteiger charge is -2.11. The molecule has 2 heterocycles. The predicted octanol–water partition coefficient (Wildman–Crippen LogP) is 11.9. The zero-order valence-corrected chi connectivity index (χ0v) is 23.3. The first-order valence-electron chi connectivity index (χ1n) is 13.5. The molecule has 0 nitrogen and oxygen atoms in total. The Bertz CT molecular complexity index is 2150. The molecule has 0 fully saturated rings. The van der Waals surface area contributed by atoms with Crippen molar-refractivity contribution in [3.8, 4) is 43.1 Å². The highest BCUT2D eigenvalue weighted by Gasteiger charge is 2.19. The Morgan fingerprint density at radius 2 is 0.900 bits per heavy atom. The molecule has 0 aliphatic rings. The molecule has 0 N–H and O–H groups in total. The second kappa shape index (κ2) is 9.60. The Hall–Kier alpha value is -4.50. The van der Waals surface area contributed by atoms with Crippen LogP contribution in [0, 0.1) is 0 Å². The molecular formula is C38H24S2. The molecule has 0 unspecified atom stereocenters. The van der Waals surface area contributed by atoms with Gasteiger partial charge in [0, 0.05) is 46.3 Å². The van der Waals surface area contributed by atoms with Crippen LogP contribution in [0.3, 0.4) is 0 Å². The lowest BCUT2D eigenvalue weighted by Crippen LogP contribution is -1.84. The van der Waals surface area contributed by atoms with Crippen LogP contribution in [0.15, 0.2) is 146 Å². The predicted molar refractivity (Wildman–Crippen MR) is 176 cm³/mol. The Morgan fingerprint density at radius 3 is 1.68 bits per heavy atom. The molecule has 0 spiro atoms. The summed E-state index contributed by atoms with van der Waals surface area (Å²) in [6.45, 7) is 0. The van der Waals surface area contributed by atoms with Crippen molar-refractivity contribution >= 4 is 53.6 Å². The van der Waals surface area contributed by atoms with E-state index in [1.54, 1.807) is 0 Å². The Balaban J connectivity index is 1.40. The molecule has 0 radical (unpaired) electrons. The monoisotopic (exact) mass is 544 g/mol. The first-order chi connectivity index (χ1) is 19.8. The standard InChI is InChI=1S/C38H24S2/c1-3-12-25(13-4-1)27-16-11-17-28(22-27)37-30-19-7-8-20-31(30)38(40-37)34-24-36-33(29-18-9-10-21-35(29)39-36)23-32(34)26-14-5-2-6-15-26/h1-24H. The van der Waals surface area contributed by atoms with Gasteiger partial charge in [-0.1, -0.05) is 121 Å². The Kier molecular flexibility index (Phi) is 5.62. The van der Waals surface area contributed by atoms with Crippen molar-refractivity contribution in [2.45, 2.75) is 0 Å². The highest BCUT2D eigenvalue weighted by atomic mass is 32.1. The van der Waals surface area contributed by atoms with E-state index >= 15 is 0 Å². The van der Waals surface area contributed by atoms with Crippen molar-refractivity contribution in [2.75, 3.05) is 0 Å². The van der Waals surface area contributed by atoms with Gasteiger partial charge in [0.15, 0.2) is 0 Å². The van der Waals surface area contributed by atoms with Crippen LogP contribution in [0.25, 0.3) is 74.1 Å². The van der Waals surface area contributed by atoms with Gasteiger partial charge in [-0.05, 0) is 52.1 Å². The van der Waals surface area contributed by atoms with E-state index in [9.17, 15) is 0 Å². The van der Waals surface area contributed by atoms with Crippen molar-refractivity contribution in [3.63, 3.8) is 0 Å². The molecule has 0 saturated heterocycles. The molecule has 0 aliphatic carbocycles. The topological polar surface area (TPSA) is 0 Å². The zero-order valence-electron chi connectivity index (χ0n) is 21.7. The maximum atomic E-state index is 2.44. The minimum Gasteiger partial charge on any atom is -0.135 e. The van der Waals surface area contributed by atoms with Crippen LogP contribution < -0.4 is 0 Å². The van der Waals surface area contributed by atoms with Gasteiger partial charge >= 0.3 is 0 Å². The van der Waals surface area contributed by atoms with Gasteiger partial charge < -0.3 is 0 Å². The second-order valence-electron chi connectivity index (χ2n) is 10.1. The highest BCUT2D eigenvalue weighted by Crippen LogP contribution is 2.49. The van der Waals surface area contributed by atoms with Gasteiger partial charge in [0.1, 0.15) is 0 Å². The molecule has 2 heteroatoms. The molecular weight excluding hydrogens is 521 g/mol. The summed E-state index contributed by atoms with van der Waals surface area (Å²) >= 11 is 3.80. The van der Waals surface area contributed by atoms with E-state index in [4.69, 9.17) is 0 Å². The fourth-order valence-corrected chi connectivity index (χ4v) is 8.22. The van der Waals surface area contributed by atoms with E-state index in [1.807, 2.05) is 22.7 Å². The largest absolute Gasteiger partial charge is 0.135 e. The molecule has 0 bridgehead atoms. The molecule has 8 aromatic rings. The van der Waals surface area contributed by atoms with Gasteiger partial charge in [-0.15, -0.1) is 22.7 Å². The second-order valence-corrected chi connectivity index (χ2v) is 12.2. The summed E-state index contributed by atoms with van der Waals surface area (Å²) in [5, 5.41) is 5.29. The maximum absolute atomic E-state index is 2.44. The lowest BCUT2D eigenvalue weighted by molar-refractivity contribution is 1.62. The van der Waals surface area contributed by atoms with Gasteiger partial charge in [-0.3, -0.25) is 0 Å². The van der Waals surface area contributed by atoms with Gasteiger partial charge in [0.05, 0.1) is 0 Å². The summed E-state index contributed by atoms with van der Waals surface area (Å²) < 4.78 is 2.67. The highest BCUT2D eigenvalue weighted by molar-refractivity contribution is 7.26. The van der Waals surface area contributed by atoms with Crippen LogP contribution in [-0.4, -0.2) is 0 Å². The van der Waals surface area contributed by atoms with Crippen LogP contribution in [0.5, 0.6) is 0 Å². The maximum Gasteiger partial charge on any atom is 0.0434 e. The molecule has 6 aromatic carbocycles. The Morgan fingerprint density at radius 1 is 0.300 bits per heavy atom. The first-order valence-corrected chi connectivity index (χ1v) is 15.2. The molecule has 0 amide bonds. The van der Waals surface area contributed by atoms with Crippen molar-refractivity contribution < 1.29 is 0 Å². The minimum atomic E-state index is 1.24. The third-order valence-electron chi connectivity index (χ3n) is 7.70. The summed E-state index contributed by atoms with van der Waals surface area (Å²) in [6.07, 6.45) is 0. The summed E-state index contributed by atoms with van der Waals surface area (Å²) in [5.41, 5.74) is 7.59. The van der Waals surface area contributed by atoms with E-state index in [1.165, 1.54) is 74.1 Å². The first kappa shape index (κ1) is 23.4. The average Bonchev–Trinajstić information content (AvgIpc) is 3.60. The normalized spacial score (nSPS) is 11.5. The summed E-state index contributed by atoms with van der Waals surface area (Å²) in [5.74, 6) is 0. The van der Waals surface area contributed by atoms with Gasteiger partial charge in [-0.25, -0.2) is 0 Å². The third kappa shape index (κ3) is 3.88. The molecule has 0 atom stereocenters. The van der Waals surface area contributed by atoms with E-state index in [0.717, 1.165) is 0 Å². The molecule has 40 heavy (non-hydrogen) atoms. The molecule has 8 rings (SSSR count). The summed E-state index contributed by atoms with van der Waals surface area (Å²) in [4.78, 5) is 2.65. The summed E-state index contributed by atoms with van der Waals surface area (Å²) in [6, 6.07) is 53.0. The smallest absolute Gasteiger partial charge is 0.0434 e. The molecule has 0 aliphatic heterocycles. The van der Waals surface area contributed by atoms with Crippen LogP contribution in [0.1, 0.15) is 0 Å². The van der Waals surface area contributed by atoms with Crippen molar-refractivity contribution in [2.24, 2.45) is 0 Å².